The lowest BCUT2D eigenvalue weighted by atomic mass is 10.3. The SMILES string of the molecule is C/C=C(\C)C=NCC. The van der Waals surface area contributed by atoms with Crippen LogP contribution >= 0.6 is 0 Å². The molecule has 0 aromatic carbocycles. The maximum absolute atomic E-state index is 4.05. The molecule has 0 heterocycles. The van der Waals surface area contributed by atoms with Crippen molar-refractivity contribution in [3.63, 3.8) is 0 Å². The predicted octanol–water partition coefficient (Wildman–Crippen LogP) is 2.04. The maximum Gasteiger partial charge on any atom is 0.0361 e. The zero-order valence-corrected chi connectivity index (χ0v) is 5.81. The van der Waals surface area contributed by atoms with Crippen molar-refractivity contribution in [2.24, 2.45) is 4.99 Å². The van der Waals surface area contributed by atoms with Gasteiger partial charge in [0.15, 0.2) is 0 Å². The van der Waals surface area contributed by atoms with Gasteiger partial charge < -0.3 is 0 Å². The summed E-state index contributed by atoms with van der Waals surface area (Å²) in [4.78, 5) is 4.05. The van der Waals surface area contributed by atoms with Gasteiger partial charge in [-0.2, -0.15) is 0 Å². The molecule has 0 atom stereocenters. The highest BCUT2D eigenvalue weighted by molar-refractivity contribution is 5.77. The van der Waals surface area contributed by atoms with Crippen LogP contribution in [0.15, 0.2) is 16.6 Å². The van der Waals surface area contributed by atoms with Crippen molar-refractivity contribution in [2.75, 3.05) is 6.54 Å². The highest BCUT2D eigenvalue weighted by Gasteiger charge is 1.73. The molecule has 0 aromatic heterocycles. The van der Waals surface area contributed by atoms with Gasteiger partial charge in [0.1, 0.15) is 0 Å². The Bertz CT molecular complexity index is 101. The Labute approximate surface area is 51.1 Å². The standard InChI is InChI=1S/C7H13N/c1-4-7(3)6-8-5-2/h4,6H,5H2,1-3H3/b7-4+,8-6?. The van der Waals surface area contributed by atoms with Crippen molar-refractivity contribution >= 4 is 6.21 Å². The van der Waals surface area contributed by atoms with E-state index in [0.717, 1.165) is 6.54 Å². The molecule has 8 heavy (non-hydrogen) atoms. The monoisotopic (exact) mass is 111 g/mol. The first-order valence-corrected chi connectivity index (χ1v) is 2.94. The summed E-state index contributed by atoms with van der Waals surface area (Å²) in [6.07, 6.45) is 3.93. The second kappa shape index (κ2) is 4.57. The van der Waals surface area contributed by atoms with E-state index >= 15 is 0 Å². The third-order valence-electron chi connectivity index (χ3n) is 0.933. The van der Waals surface area contributed by atoms with Crippen LogP contribution in [0.4, 0.5) is 0 Å². The highest BCUT2D eigenvalue weighted by Crippen LogP contribution is 1.84. The molecule has 1 heteroatoms. The van der Waals surface area contributed by atoms with Gasteiger partial charge in [-0.15, -0.1) is 0 Å². The van der Waals surface area contributed by atoms with Crippen LogP contribution in [0.25, 0.3) is 0 Å². The fourth-order valence-electron chi connectivity index (χ4n) is 0.310. The lowest BCUT2D eigenvalue weighted by Gasteiger charge is -1.83. The Kier molecular flexibility index (Phi) is 4.23. The first kappa shape index (κ1) is 7.41. The molecule has 46 valence electrons. The Morgan fingerprint density at radius 1 is 1.62 bits per heavy atom. The number of hydrogen-bond donors (Lipinski definition) is 0. The summed E-state index contributed by atoms with van der Waals surface area (Å²) in [5.41, 5.74) is 1.23. The van der Waals surface area contributed by atoms with Crippen molar-refractivity contribution in [3.8, 4) is 0 Å². The number of allylic oxidation sites excluding steroid dienone is 2. The topological polar surface area (TPSA) is 12.4 Å². The quantitative estimate of drug-likeness (QED) is 0.483. The number of rotatable bonds is 2. The minimum Gasteiger partial charge on any atom is -0.293 e. The predicted molar refractivity (Wildman–Crippen MR) is 38.5 cm³/mol. The van der Waals surface area contributed by atoms with E-state index in [1.54, 1.807) is 0 Å². The molecule has 0 saturated carbocycles. The van der Waals surface area contributed by atoms with Crippen molar-refractivity contribution in [1.29, 1.82) is 0 Å². The van der Waals surface area contributed by atoms with Gasteiger partial charge in [-0.25, -0.2) is 0 Å². The molecule has 0 N–H and O–H groups in total. The van der Waals surface area contributed by atoms with E-state index in [4.69, 9.17) is 0 Å². The lowest BCUT2D eigenvalue weighted by molar-refractivity contribution is 1.14. The average Bonchev–Trinajstić information content (AvgIpc) is 1.83. The van der Waals surface area contributed by atoms with Crippen LogP contribution in [0.5, 0.6) is 0 Å². The summed E-state index contributed by atoms with van der Waals surface area (Å²) < 4.78 is 0. The van der Waals surface area contributed by atoms with Crippen molar-refractivity contribution in [3.05, 3.63) is 11.6 Å². The summed E-state index contributed by atoms with van der Waals surface area (Å²) in [5, 5.41) is 0. The fourth-order valence-corrected chi connectivity index (χ4v) is 0.310. The van der Waals surface area contributed by atoms with Crippen LogP contribution in [0.1, 0.15) is 20.8 Å². The molecule has 0 bridgehead atoms. The van der Waals surface area contributed by atoms with Gasteiger partial charge in [0, 0.05) is 12.8 Å². The van der Waals surface area contributed by atoms with E-state index in [1.165, 1.54) is 5.57 Å². The molecule has 1 nitrogen and oxygen atoms in total. The Balaban J connectivity index is 3.53. The van der Waals surface area contributed by atoms with Crippen LogP contribution < -0.4 is 0 Å². The first-order valence-electron chi connectivity index (χ1n) is 2.94. The van der Waals surface area contributed by atoms with E-state index in [9.17, 15) is 0 Å². The third kappa shape index (κ3) is 3.59. The van der Waals surface area contributed by atoms with Gasteiger partial charge in [0.2, 0.25) is 0 Å². The molecule has 0 rings (SSSR count). The van der Waals surface area contributed by atoms with Crippen molar-refractivity contribution in [1.82, 2.24) is 0 Å². The third-order valence-corrected chi connectivity index (χ3v) is 0.933. The van der Waals surface area contributed by atoms with Gasteiger partial charge in [-0.05, 0) is 26.3 Å². The van der Waals surface area contributed by atoms with E-state index in [-0.39, 0.29) is 0 Å². The van der Waals surface area contributed by atoms with Gasteiger partial charge in [0.25, 0.3) is 0 Å². The molecule has 0 aliphatic carbocycles. The Morgan fingerprint density at radius 2 is 2.25 bits per heavy atom. The summed E-state index contributed by atoms with van der Waals surface area (Å²) in [5.74, 6) is 0. The Hall–Kier alpha value is -0.590. The minimum atomic E-state index is 0.880. The summed E-state index contributed by atoms with van der Waals surface area (Å²) in [7, 11) is 0. The Morgan fingerprint density at radius 3 is 2.62 bits per heavy atom. The molecule has 0 spiro atoms. The molecule has 0 aromatic rings. The normalized spacial score (nSPS) is 13.1. The highest BCUT2D eigenvalue weighted by atomic mass is 14.7. The second-order valence-corrected chi connectivity index (χ2v) is 1.66. The van der Waals surface area contributed by atoms with Crippen LogP contribution in [0, 0.1) is 0 Å². The number of hydrogen-bond acceptors (Lipinski definition) is 1. The first-order chi connectivity index (χ1) is 3.81. The van der Waals surface area contributed by atoms with Crippen molar-refractivity contribution in [2.45, 2.75) is 20.8 Å². The molecule has 0 radical (unpaired) electrons. The zero-order valence-electron chi connectivity index (χ0n) is 5.81. The molecular weight excluding hydrogens is 98.1 g/mol. The zero-order chi connectivity index (χ0) is 6.41. The molecule has 0 saturated heterocycles. The number of aliphatic imine (C=N–C) groups is 1. The maximum atomic E-state index is 4.05. The van der Waals surface area contributed by atoms with Crippen LogP contribution in [0.3, 0.4) is 0 Å². The molecule has 0 unspecified atom stereocenters. The molecule has 0 fully saturated rings. The van der Waals surface area contributed by atoms with E-state index in [0.29, 0.717) is 0 Å². The summed E-state index contributed by atoms with van der Waals surface area (Å²) in [6, 6.07) is 0. The molecule has 0 aliphatic rings. The largest absolute Gasteiger partial charge is 0.293 e. The summed E-state index contributed by atoms with van der Waals surface area (Å²) >= 11 is 0. The number of nitrogens with zero attached hydrogens (tertiary/aromatic N) is 1. The van der Waals surface area contributed by atoms with Gasteiger partial charge in [0.05, 0.1) is 0 Å². The van der Waals surface area contributed by atoms with Crippen molar-refractivity contribution < 1.29 is 0 Å². The van der Waals surface area contributed by atoms with Crippen LogP contribution in [-0.4, -0.2) is 12.8 Å². The molecular formula is C7H13N. The van der Waals surface area contributed by atoms with E-state index in [2.05, 4.69) is 4.99 Å². The second-order valence-electron chi connectivity index (χ2n) is 1.66. The average molecular weight is 111 g/mol. The van der Waals surface area contributed by atoms with Gasteiger partial charge in [-0.3, -0.25) is 4.99 Å². The van der Waals surface area contributed by atoms with Crippen LogP contribution in [-0.2, 0) is 0 Å². The lowest BCUT2D eigenvalue weighted by Crippen LogP contribution is -1.76. The van der Waals surface area contributed by atoms with Gasteiger partial charge >= 0.3 is 0 Å². The molecule has 0 amide bonds. The minimum absolute atomic E-state index is 0.880. The smallest absolute Gasteiger partial charge is 0.0361 e. The van der Waals surface area contributed by atoms with E-state index in [1.807, 2.05) is 33.1 Å². The van der Waals surface area contributed by atoms with E-state index < -0.39 is 0 Å². The van der Waals surface area contributed by atoms with Crippen LogP contribution in [0.2, 0.25) is 0 Å². The summed E-state index contributed by atoms with van der Waals surface area (Å²) in [6.45, 7) is 6.96. The molecule has 0 aliphatic heterocycles. The van der Waals surface area contributed by atoms with Gasteiger partial charge in [-0.1, -0.05) is 6.08 Å². The fraction of sp³-hybridized carbons (Fsp3) is 0.571.